The second-order valence-electron chi connectivity index (χ2n) is 4.62. The van der Waals surface area contributed by atoms with E-state index in [1.807, 2.05) is 38.4 Å². The molecule has 0 fully saturated rings. The summed E-state index contributed by atoms with van der Waals surface area (Å²) in [7, 11) is 0. The van der Waals surface area contributed by atoms with Crippen molar-refractivity contribution >= 4 is 22.7 Å². The van der Waals surface area contributed by atoms with Crippen LogP contribution in [0.5, 0.6) is 0 Å². The maximum atomic E-state index is 11.1. The maximum Gasteiger partial charge on any atom is 0.274 e. The number of nitrogens with zero attached hydrogens (tertiary/aromatic N) is 2. The molecule has 0 bridgehead atoms. The molecule has 0 aliphatic heterocycles. The molecule has 1 atom stereocenters. The summed E-state index contributed by atoms with van der Waals surface area (Å²) >= 11 is 1.59. The van der Waals surface area contributed by atoms with Crippen LogP contribution in [0.3, 0.4) is 0 Å². The first kappa shape index (κ1) is 14.5. The lowest BCUT2D eigenvalue weighted by Gasteiger charge is -2.14. The minimum Gasteiger partial charge on any atom is -0.377 e. The normalized spacial score (nSPS) is 12.2. The average molecular weight is 291 g/mol. The molecule has 1 aromatic heterocycles. The van der Waals surface area contributed by atoms with Crippen LogP contribution in [0.2, 0.25) is 0 Å². The number of anilines is 1. The Hall–Kier alpha value is -1.95. The number of thiazole rings is 1. The third kappa shape index (κ3) is 2.96. The number of aromatic nitrogens is 1. The van der Waals surface area contributed by atoms with Gasteiger partial charge in [-0.15, -0.1) is 11.3 Å². The van der Waals surface area contributed by atoms with E-state index < -0.39 is 0 Å². The fraction of sp³-hybridized carbons (Fsp3) is 0.357. The van der Waals surface area contributed by atoms with E-state index in [1.165, 1.54) is 0 Å². The van der Waals surface area contributed by atoms with Crippen molar-refractivity contribution < 1.29 is 4.92 Å². The highest BCUT2D eigenvalue weighted by atomic mass is 32.1. The lowest BCUT2D eigenvalue weighted by atomic mass is 10.1. The van der Waals surface area contributed by atoms with Crippen molar-refractivity contribution in [2.24, 2.45) is 0 Å². The zero-order valence-corrected chi connectivity index (χ0v) is 12.5. The first-order chi connectivity index (χ1) is 9.52. The lowest BCUT2D eigenvalue weighted by molar-refractivity contribution is -0.385. The lowest BCUT2D eigenvalue weighted by Crippen LogP contribution is -2.07. The molecule has 6 heteroatoms. The molecule has 0 saturated carbocycles. The molecule has 0 radical (unpaired) electrons. The smallest absolute Gasteiger partial charge is 0.274 e. The van der Waals surface area contributed by atoms with Crippen molar-refractivity contribution in [2.75, 3.05) is 5.32 Å². The summed E-state index contributed by atoms with van der Waals surface area (Å²) in [6.45, 7) is 5.91. The van der Waals surface area contributed by atoms with Gasteiger partial charge in [0.25, 0.3) is 5.69 Å². The minimum atomic E-state index is -0.327. The number of nitrogens with one attached hydrogen (secondary N) is 1. The summed E-state index contributed by atoms with van der Waals surface area (Å²) in [4.78, 5) is 16.1. The third-order valence-corrected chi connectivity index (χ3v) is 4.34. The predicted octanol–water partition coefficient (Wildman–Crippen LogP) is 4.10. The Morgan fingerprint density at radius 1 is 1.50 bits per heavy atom. The van der Waals surface area contributed by atoms with Crippen molar-refractivity contribution in [3.05, 3.63) is 50.0 Å². The van der Waals surface area contributed by atoms with Crippen LogP contribution in [-0.2, 0) is 6.42 Å². The number of aryl methyl sites for hydroxylation is 2. The first-order valence-corrected chi connectivity index (χ1v) is 7.34. The summed E-state index contributed by atoms with van der Waals surface area (Å²) in [6, 6.07) is 5.38. The van der Waals surface area contributed by atoms with Gasteiger partial charge in [-0.1, -0.05) is 13.0 Å². The maximum absolute atomic E-state index is 11.1. The summed E-state index contributed by atoms with van der Waals surface area (Å²) < 4.78 is 0. The topological polar surface area (TPSA) is 68.1 Å². The third-order valence-electron chi connectivity index (χ3n) is 3.22. The van der Waals surface area contributed by atoms with Gasteiger partial charge >= 0.3 is 0 Å². The van der Waals surface area contributed by atoms with Crippen molar-refractivity contribution in [2.45, 2.75) is 33.2 Å². The SMILES string of the molecule is CCc1ccc(NC(C)c2scnc2C)cc1[N+](=O)[O-]. The van der Waals surface area contributed by atoms with Crippen molar-refractivity contribution in [1.29, 1.82) is 0 Å². The summed E-state index contributed by atoms with van der Waals surface area (Å²) in [5, 5.41) is 14.4. The molecule has 5 nitrogen and oxygen atoms in total. The van der Waals surface area contributed by atoms with Gasteiger partial charge in [-0.3, -0.25) is 10.1 Å². The Labute approximate surface area is 121 Å². The van der Waals surface area contributed by atoms with Gasteiger partial charge in [-0.2, -0.15) is 0 Å². The highest BCUT2D eigenvalue weighted by Gasteiger charge is 2.15. The fourth-order valence-corrected chi connectivity index (χ4v) is 2.98. The zero-order valence-electron chi connectivity index (χ0n) is 11.7. The van der Waals surface area contributed by atoms with E-state index >= 15 is 0 Å². The van der Waals surface area contributed by atoms with E-state index in [2.05, 4.69) is 10.3 Å². The Morgan fingerprint density at radius 2 is 2.25 bits per heavy atom. The van der Waals surface area contributed by atoms with Crippen molar-refractivity contribution in [3.8, 4) is 0 Å². The highest BCUT2D eigenvalue weighted by molar-refractivity contribution is 7.09. The summed E-state index contributed by atoms with van der Waals surface area (Å²) in [6.07, 6.45) is 0.653. The van der Waals surface area contributed by atoms with Crippen molar-refractivity contribution in [1.82, 2.24) is 4.98 Å². The summed E-state index contributed by atoms with van der Waals surface area (Å²) in [5.74, 6) is 0. The average Bonchev–Trinajstić information content (AvgIpc) is 2.85. The molecule has 1 unspecified atom stereocenters. The van der Waals surface area contributed by atoms with E-state index in [4.69, 9.17) is 0 Å². The van der Waals surface area contributed by atoms with Crippen LogP contribution in [0, 0.1) is 17.0 Å². The number of hydrogen-bond acceptors (Lipinski definition) is 5. The molecule has 0 spiro atoms. The van der Waals surface area contributed by atoms with E-state index in [0.717, 1.165) is 21.8 Å². The van der Waals surface area contributed by atoms with Crippen LogP contribution in [0.4, 0.5) is 11.4 Å². The van der Waals surface area contributed by atoms with Crippen LogP contribution < -0.4 is 5.32 Å². The monoisotopic (exact) mass is 291 g/mol. The number of hydrogen-bond donors (Lipinski definition) is 1. The van der Waals surface area contributed by atoms with Crippen LogP contribution in [0.1, 0.15) is 36.0 Å². The van der Waals surface area contributed by atoms with Gasteiger partial charge < -0.3 is 5.32 Å². The van der Waals surface area contributed by atoms with E-state index in [9.17, 15) is 10.1 Å². The molecule has 0 saturated heterocycles. The largest absolute Gasteiger partial charge is 0.377 e. The van der Waals surface area contributed by atoms with Crippen LogP contribution in [-0.4, -0.2) is 9.91 Å². The summed E-state index contributed by atoms with van der Waals surface area (Å²) in [5.41, 5.74) is 4.49. The second kappa shape index (κ2) is 6.00. The number of rotatable bonds is 5. The van der Waals surface area contributed by atoms with E-state index in [-0.39, 0.29) is 16.7 Å². The molecule has 1 heterocycles. The van der Waals surface area contributed by atoms with Gasteiger partial charge in [-0.25, -0.2) is 4.98 Å². The van der Waals surface area contributed by atoms with Crippen LogP contribution >= 0.6 is 11.3 Å². The molecule has 106 valence electrons. The van der Waals surface area contributed by atoms with Gasteiger partial charge in [0.1, 0.15) is 0 Å². The Morgan fingerprint density at radius 3 is 2.80 bits per heavy atom. The first-order valence-electron chi connectivity index (χ1n) is 6.46. The molecule has 2 aromatic rings. The molecular weight excluding hydrogens is 274 g/mol. The molecule has 0 aliphatic rings. The van der Waals surface area contributed by atoms with Gasteiger partial charge in [0.2, 0.25) is 0 Å². The molecule has 2 rings (SSSR count). The molecule has 0 amide bonds. The highest BCUT2D eigenvalue weighted by Crippen LogP contribution is 2.28. The Bertz CT molecular complexity index is 625. The molecular formula is C14H17N3O2S. The van der Waals surface area contributed by atoms with Gasteiger partial charge in [-0.05, 0) is 26.3 Å². The predicted molar refractivity (Wildman–Crippen MR) is 81.4 cm³/mol. The van der Waals surface area contributed by atoms with Gasteiger partial charge in [0.05, 0.1) is 22.2 Å². The van der Waals surface area contributed by atoms with Gasteiger partial charge in [0.15, 0.2) is 0 Å². The Balaban J connectivity index is 2.24. The minimum absolute atomic E-state index is 0.0783. The second-order valence-corrected chi connectivity index (χ2v) is 5.51. The molecule has 1 N–H and O–H groups in total. The molecule has 20 heavy (non-hydrogen) atoms. The zero-order chi connectivity index (χ0) is 14.7. The quantitative estimate of drug-likeness (QED) is 0.665. The van der Waals surface area contributed by atoms with E-state index in [1.54, 1.807) is 17.4 Å². The standard InChI is InChI=1S/C14H17N3O2S/c1-4-11-5-6-12(7-13(11)17(18)19)16-10(3)14-9(2)15-8-20-14/h5-8,10,16H,4H2,1-3H3. The molecule has 1 aromatic carbocycles. The molecule has 0 aliphatic carbocycles. The van der Waals surface area contributed by atoms with Crippen LogP contribution in [0.25, 0.3) is 0 Å². The fourth-order valence-electron chi connectivity index (χ4n) is 2.16. The van der Waals surface area contributed by atoms with E-state index in [0.29, 0.717) is 6.42 Å². The number of nitro groups is 1. The number of benzene rings is 1. The Kier molecular flexibility index (Phi) is 4.34. The number of nitro benzene ring substituents is 1. The van der Waals surface area contributed by atoms with Gasteiger partial charge in [0, 0.05) is 22.2 Å². The van der Waals surface area contributed by atoms with Crippen LogP contribution in [0.15, 0.2) is 23.7 Å². The van der Waals surface area contributed by atoms with Crippen molar-refractivity contribution in [3.63, 3.8) is 0 Å².